The smallest absolute Gasteiger partial charge is 0.297 e. The molecule has 2 rings (SSSR count). The van der Waals surface area contributed by atoms with Gasteiger partial charge in [-0.25, -0.2) is 4.98 Å². The molecule has 4 nitrogen and oxygen atoms in total. The highest BCUT2D eigenvalue weighted by atomic mass is 19.4. The van der Waals surface area contributed by atoms with E-state index in [-0.39, 0.29) is 24.6 Å². The van der Waals surface area contributed by atoms with Crippen molar-refractivity contribution in [2.45, 2.75) is 12.6 Å². The number of halogens is 3. The van der Waals surface area contributed by atoms with Gasteiger partial charge in [0, 0.05) is 6.20 Å². The Bertz CT molecular complexity index is 485. The van der Waals surface area contributed by atoms with E-state index in [9.17, 15) is 22.8 Å². The van der Waals surface area contributed by atoms with Crippen LogP contribution in [-0.4, -0.2) is 23.2 Å². The molecule has 1 aromatic heterocycles. The molecule has 2 heterocycles. The Morgan fingerprint density at radius 3 is 2.53 bits per heavy atom. The molecule has 90 valence electrons. The summed E-state index contributed by atoms with van der Waals surface area (Å²) in [7, 11) is 0. The number of Topliss-reactive ketones (excluding diaryl/α,β-unsaturated/α-hetero) is 1. The topological polar surface area (TPSA) is 50.3 Å². The monoisotopic (exact) mass is 244 g/mol. The average molecular weight is 244 g/mol. The van der Waals surface area contributed by atoms with Crippen molar-refractivity contribution in [2.75, 3.05) is 11.4 Å². The first kappa shape index (κ1) is 11.6. The number of pyridine rings is 1. The average Bonchev–Trinajstić information content (AvgIpc) is 2.57. The van der Waals surface area contributed by atoms with Crippen molar-refractivity contribution in [3.8, 4) is 0 Å². The van der Waals surface area contributed by atoms with Gasteiger partial charge in [0.1, 0.15) is 5.82 Å². The Morgan fingerprint density at radius 2 is 2.00 bits per heavy atom. The quantitative estimate of drug-likeness (QED) is 0.702. The number of carbonyl (C=O) groups excluding carboxylic acids is 2. The van der Waals surface area contributed by atoms with Crippen LogP contribution in [0.5, 0.6) is 0 Å². The largest absolute Gasteiger partial charge is 0.416 e. The molecule has 0 spiro atoms. The molecule has 0 aromatic carbocycles. The lowest BCUT2D eigenvalue weighted by molar-refractivity contribution is -0.137. The van der Waals surface area contributed by atoms with Gasteiger partial charge in [-0.1, -0.05) is 0 Å². The van der Waals surface area contributed by atoms with Gasteiger partial charge in [-0.15, -0.1) is 0 Å². The van der Waals surface area contributed by atoms with Crippen LogP contribution in [0.3, 0.4) is 0 Å². The van der Waals surface area contributed by atoms with Crippen molar-refractivity contribution >= 4 is 17.5 Å². The minimum Gasteiger partial charge on any atom is -0.297 e. The van der Waals surface area contributed by atoms with Gasteiger partial charge >= 0.3 is 6.18 Å². The summed E-state index contributed by atoms with van der Waals surface area (Å²) in [6, 6.07) is 1.57. The fourth-order valence-corrected chi connectivity index (χ4v) is 1.54. The van der Waals surface area contributed by atoms with E-state index < -0.39 is 17.6 Å². The van der Waals surface area contributed by atoms with Crippen molar-refractivity contribution in [1.82, 2.24) is 4.98 Å². The number of aromatic nitrogens is 1. The van der Waals surface area contributed by atoms with Crippen LogP contribution in [-0.2, 0) is 15.8 Å². The van der Waals surface area contributed by atoms with Gasteiger partial charge in [0.15, 0.2) is 5.78 Å². The predicted octanol–water partition coefficient (Wildman–Crippen LogP) is 1.41. The Kier molecular flexibility index (Phi) is 2.60. The van der Waals surface area contributed by atoms with E-state index in [1.807, 2.05) is 0 Å². The molecule has 0 aliphatic carbocycles. The zero-order valence-corrected chi connectivity index (χ0v) is 8.49. The van der Waals surface area contributed by atoms with E-state index in [0.717, 1.165) is 23.2 Å². The van der Waals surface area contributed by atoms with Crippen molar-refractivity contribution in [2.24, 2.45) is 0 Å². The van der Waals surface area contributed by atoms with E-state index in [2.05, 4.69) is 4.98 Å². The molecular weight excluding hydrogens is 237 g/mol. The van der Waals surface area contributed by atoms with Crippen LogP contribution >= 0.6 is 0 Å². The fraction of sp³-hybridized carbons (Fsp3) is 0.300. The molecular formula is C10H7F3N2O2. The number of amides is 1. The van der Waals surface area contributed by atoms with Crippen molar-refractivity contribution in [3.63, 3.8) is 0 Å². The minimum absolute atomic E-state index is 0.143. The van der Waals surface area contributed by atoms with E-state index >= 15 is 0 Å². The first-order valence-electron chi connectivity index (χ1n) is 4.73. The first-order chi connectivity index (χ1) is 7.88. The molecule has 1 aliphatic heterocycles. The molecule has 0 unspecified atom stereocenters. The second-order valence-corrected chi connectivity index (χ2v) is 3.60. The molecule has 7 heteroatoms. The molecule has 1 amide bonds. The molecule has 17 heavy (non-hydrogen) atoms. The third-order valence-corrected chi connectivity index (χ3v) is 2.33. The van der Waals surface area contributed by atoms with Crippen molar-refractivity contribution in [1.29, 1.82) is 0 Å². The predicted molar refractivity (Wildman–Crippen MR) is 51.2 cm³/mol. The van der Waals surface area contributed by atoms with Gasteiger partial charge in [0.2, 0.25) is 5.91 Å². The maximum Gasteiger partial charge on any atom is 0.416 e. The lowest BCUT2D eigenvalue weighted by Gasteiger charge is -2.15. The van der Waals surface area contributed by atoms with E-state index in [0.29, 0.717) is 0 Å². The minimum atomic E-state index is -4.50. The summed E-state index contributed by atoms with van der Waals surface area (Å²) in [5.74, 6) is -0.994. The standard InChI is InChI=1S/C10H7F3N2O2/c11-10(12,13)6-1-2-14-8(3-6)15-5-7(16)4-9(15)17/h1-3H,4-5H2. The summed E-state index contributed by atoms with van der Waals surface area (Å²) < 4.78 is 37.3. The second-order valence-electron chi connectivity index (χ2n) is 3.60. The number of rotatable bonds is 1. The van der Waals surface area contributed by atoms with Gasteiger partial charge < -0.3 is 0 Å². The maximum absolute atomic E-state index is 12.4. The highest BCUT2D eigenvalue weighted by Crippen LogP contribution is 2.31. The third-order valence-electron chi connectivity index (χ3n) is 2.33. The van der Waals surface area contributed by atoms with Gasteiger partial charge in [-0.05, 0) is 12.1 Å². The highest BCUT2D eigenvalue weighted by Gasteiger charge is 2.34. The van der Waals surface area contributed by atoms with Crippen LogP contribution in [0, 0.1) is 0 Å². The van der Waals surface area contributed by atoms with Crippen molar-refractivity contribution < 1.29 is 22.8 Å². The van der Waals surface area contributed by atoms with E-state index in [1.54, 1.807) is 0 Å². The van der Waals surface area contributed by atoms with Gasteiger partial charge in [-0.2, -0.15) is 13.2 Å². The van der Waals surface area contributed by atoms with Gasteiger partial charge in [0.25, 0.3) is 0 Å². The fourth-order valence-electron chi connectivity index (χ4n) is 1.54. The summed E-state index contributed by atoms with van der Waals surface area (Å²) in [6.07, 6.45) is -3.81. The highest BCUT2D eigenvalue weighted by molar-refractivity contribution is 6.14. The van der Waals surface area contributed by atoms with Crippen LogP contribution in [0.15, 0.2) is 18.3 Å². The Hall–Kier alpha value is -1.92. The molecule has 1 aromatic rings. The second kappa shape index (κ2) is 3.83. The van der Waals surface area contributed by atoms with Crippen LogP contribution in [0.4, 0.5) is 19.0 Å². The number of carbonyl (C=O) groups is 2. The normalized spacial score (nSPS) is 16.8. The zero-order chi connectivity index (χ0) is 12.6. The molecule has 1 saturated heterocycles. The molecule has 0 bridgehead atoms. The van der Waals surface area contributed by atoms with Crippen molar-refractivity contribution in [3.05, 3.63) is 23.9 Å². The maximum atomic E-state index is 12.4. The summed E-state index contributed by atoms with van der Waals surface area (Å²) in [4.78, 5) is 27.0. The van der Waals surface area contributed by atoms with Crippen LogP contribution in [0.1, 0.15) is 12.0 Å². The van der Waals surface area contributed by atoms with E-state index in [1.165, 1.54) is 0 Å². The van der Waals surface area contributed by atoms with Crippen LogP contribution in [0.25, 0.3) is 0 Å². The van der Waals surface area contributed by atoms with Crippen LogP contribution in [0.2, 0.25) is 0 Å². The summed E-state index contributed by atoms with van der Waals surface area (Å²) in [5.41, 5.74) is -0.894. The SMILES string of the molecule is O=C1CC(=O)N(c2cc(C(F)(F)F)ccn2)C1. The molecule has 1 aliphatic rings. The summed E-state index contributed by atoms with van der Waals surface area (Å²) in [5, 5.41) is 0. The number of anilines is 1. The lowest BCUT2D eigenvalue weighted by atomic mass is 10.2. The molecule has 0 radical (unpaired) electrons. The number of alkyl halides is 3. The molecule has 0 saturated carbocycles. The Labute approximate surface area is 94.0 Å². The van der Waals surface area contributed by atoms with E-state index in [4.69, 9.17) is 0 Å². The van der Waals surface area contributed by atoms with Gasteiger partial charge in [-0.3, -0.25) is 14.5 Å². The molecule has 0 atom stereocenters. The first-order valence-corrected chi connectivity index (χ1v) is 4.73. The molecule has 1 fully saturated rings. The van der Waals surface area contributed by atoms with Gasteiger partial charge in [0.05, 0.1) is 18.5 Å². The Balaban J connectivity index is 2.34. The molecule has 0 N–H and O–H groups in total. The number of ketones is 1. The third kappa shape index (κ3) is 2.27. The Morgan fingerprint density at radius 1 is 1.29 bits per heavy atom. The number of nitrogens with zero attached hydrogens (tertiary/aromatic N) is 2. The summed E-state index contributed by atoms with van der Waals surface area (Å²) in [6.45, 7) is -0.215. The number of hydrogen-bond acceptors (Lipinski definition) is 3. The lowest BCUT2D eigenvalue weighted by Crippen LogP contribution is -2.26. The number of hydrogen-bond donors (Lipinski definition) is 0. The zero-order valence-electron chi connectivity index (χ0n) is 8.49. The summed E-state index contributed by atoms with van der Waals surface area (Å²) >= 11 is 0. The van der Waals surface area contributed by atoms with Crippen LogP contribution < -0.4 is 4.90 Å².